The van der Waals surface area contributed by atoms with Gasteiger partial charge in [0.25, 0.3) is 0 Å². The molecule has 0 radical (unpaired) electrons. The number of hydrogen-bond acceptors (Lipinski definition) is 7. The van der Waals surface area contributed by atoms with Gasteiger partial charge in [-0.1, -0.05) is 48.0 Å². The highest BCUT2D eigenvalue weighted by Crippen LogP contribution is 2.41. The third kappa shape index (κ3) is 3.68. The van der Waals surface area contributed by atoms with Gasteiger partial charge in [0.15, 0.2) is 11.5 Å². The largest absolute Gasteiger partial charge is 0.486 e. The molecule has 162 valence electrons. The van der Waals surface area contributed by atoms with Crippen molar-refractivity contribution in [1.82, 2.24) is 4.98 Å². The zero-order chi connectivity index (χ0) is 22.1. The molecule has 1 aliphatic heterocycles. The summed E-state index contributed by atoms with van der Waals surface area (Å²) in [5.41, 5.74) is 0.968. The molecule has 32 heavy (non-hydrogen) atoms. The van der Waals surface area contributed by atoms with E-state index in [1.54, 1.807) is 60.7 Å². The third-order valence-electron chi connectivity index (χ3n) is 4.82. The zero-order valence-corrected chi connectivity index (χ0v) is 18.2. The molecular weight excluding hydrogens is 452 g/mol. The number of halogens is 1. The number of nitrogens with one attached hydrogen (secondary N) is 1. The lowest BCUT2D eigenvalue weighted by Gasteiger charge is -2.21. The Bertz CT molecular complexity index is 1390. The van der Waals surface area contributed by atoms with Crippen molar-refractivity contribution in [3.05, 3.63) is 77.8 Å². The maximum atomic E-state index is 13.4. The number of aromatic nitrogens is 1. The summed E-state index contributed by atoms with van der Waals surface area (Å²) in [6.07, 6.45) is 0. The Morgan fingerprint density at radius 1 is 0.875 bits per heavy atom. The number of rotatable bonds is 5. The lowest BCUT2D eigenvalue weighted by molar-refractivity contribution is 0.172. The summed E-state index contributed by atoms with van der Waals surface area (Å²) < 4.78 is 44.1. The highest BCUT2D eigenvalue weighted by Gasteiger charge is 2.30. The molecule has 0 aliphatic carbocycles. The quantitative estimate of drug-likeness (QED) is 0.422. The predicted octanol–water partition coefficient (Wildman–Crippen LogP) is 5.34. The molecule has 0 fully saturated rings. The first kappa shape index (κ1) is 20.4. The fourth-order valence-corrected chi connectivity index (χ4v) is 4.82. The van der Waals surface area contributed by atoms with Gasteiger partial charge in [-0.05, 0) is 36.4 Å². The molecule has 1 aromatic heterocycles. The van der Waals surface area contributed by atoms with Crippen LogP contribution in [0.2, 0.25) is 5.02 Å². The predicted molar refractivity (Wildman–Crippen MR) is 120 cm³/mol. The molecule has 4 aromatic rings. The second kappa shape index (κ2) is 8.22. The Balaban J connectivity index is 1.66. The molecule has 1 N–H and O–H groups in total. The summed E-state index contributed by atoms with van der Waals surface area (Å²) in [4.78, 5) is 4.42. The summed E-state index contributed by atoms with van der Waals surface area (Å²) in [5.74, 6) is 1.05. The van der Waals surface area contributed by atoms with Crippen molar-refractivity contribution in [2.45, 2.75) is 9.92 Å². The summed E-state index contributed by atoms with van der Waals surface area (Å²) in [5, 5.41) is 3.16. The van der Waals surface area contributed by atoms with Gasteiger partial charge in [-0.25, -0.2) is 8.42 Å². The number of fused-ring (bicyclic) bond motifs is 1. The molecule has 5 rings (SSSR count). The van der Waals surface area contributed by atoms with Crippen LogP contribution in [0, 0.1) is 0 Å². The fraction of sp³-hybridized carbons (Fsp3) is 0.0870. The van der Waals surface area contributed by atoms with Crippen molar-refractivity contribution in [3.8, 4) is 23.0 Å². The average Bonchev–Trinajstić information content (AvgIpc) is 3.25. The SMILES string of the molecule is O=S(=O)(c1ccccc1)c1nc(-c2ccccc2Cl)oc1Nc1cccc2c1OCCO2. The topological polar surface area (TPSA) is 90.7 Å². The lowest BCUT2D eigenvalue weighted by Crippen LogP contribution is -2.16. The Morgan fingerprint density at radius 2 is 1.62 bits per heavy atom. The number of oxazole rings is 1. The number of benzene rings is 3. The van der Waals surface area contributed by atoms with Crippen molar-refractivity contribution < 1.29 is 22.3 Å². The molecule has 0 atom stereocenters. The van der Waals surface area contributed by atoms with Gasteiger partial charge < -0.3 is 19.2 Å². The van der Waals surface area contributed by atoms with E-state index in [9.17, 15) is 8.42 Å². The molecular formula is C23H17ClN2O5S. The molecule has 9 heteroatoms. The molecule has 0 saturated heterocycles. The number of sulfone groups is 1. The van der Waals surface area contributed by atoms with Gasteiger partial charge in [-0.15, -0.1) is 0 Å². The normalized spacial score (nSPS) is 13.0. The van der Waals surface area contributed by atoms with Crippen molar-refractivity contribution in [2.75, 3.05) is 18.5 Å². The highest BCUT2D eigenvalue weighted by molar-refractivity contribution is 7.91. The van der Waals surface area contributed by atoms with E-state index in [0.29, 0.717) is 41.0 Å². The van der Waals surface area contributed by atoms with Crippen molar-refractivity contribution >= 4 is 33.0 Å². The van der Waals surface area contributed by atoms with Gasteiger partial charge in [0.05, 0.1) is 21.2 Å². The second-order valence-corrected chi connectivity index (χ2v) is 9.18. The smallest absolute Gasteiger partial charge is 0.238 e. The number of anilines is 2. The highest BCUT2D eigenvalue weighted by atomic mass is 35.5. The Kier molecular flexibility index (Phi) is 5.24. The molecule has 7 nitrogen and oxygen atoms in total. The molecule has 2 heterocycles. The van der Waals surface area contributed by atoms with Crippen molar-refractivity contribution in [2.24, 2.45) is 0 Å². The van der Waals surface area contributed by atoms with Crippen LogP contribution in [-0.4, -0.2) is 26.6 Å². The van der Waals surface area contributed by atoms with Crippen LogP contribution >= 0.6 is 11.6 Å². The van der Waals surface area contributed by atoms with Gasteiger partial charge in [0.2, 0.25) is 26.6 Å². The molecule has 3 aromatic carbocycles. The van der Waals surface area contributed by atoms with Gasteiger partial charge in [-0.3, -0.25) is 0 Å². The Hall–Kier alpha value is -3.49. The molecule has 0 spiro atoms. The fourth-order valence-electron chi connectivity index (χ4n) is 3.32. The van der Waals surface area contributed by atoms with Crippen molar-refractivity contribution in [1.29, 1.82) is 0 Å². The van der Waals surface area contributed by atoms with E-state index < -0.39 is 9.84 Å². The first-order valence-corrected chi connectivity index (χ1v) is 11.6. The standard InChI is InChI=1S/C23H17ClN2O5S/c24-17-10-5-4-9-16(17)21-26-23(32(27,28)15-7-2-1-3-8-15)22(31-21)25-18-11-6-12-19-20(18)30-14-13-29-19/h1-12,25H,13-14H2. The van der Waals surface area contributed by atoms with Crippen LogP contribution < -0.4 is 14.8 Å². The summed E-state index contributed by atoms with van der Waals surface area (Å²) in [6.45, 7) is 0.811. The first-order valence-electron chi connectivity index (χ1n) is 9.75. The lowest BCUT2D eigenvalue weighted by atomic mass is 10.2. The van der Waals surface area contributed by atoms with E-state index in [1.165, 1.54) is 12.1 Å². The molecule has 0 saturated carbocycles. The monoisotopic (exact) mass is 468 g/mol. The van der Waals surface area contributed by atoms with E-state index in [4.69, 9.17) is 25.5 Å². The minimum absolute atomic E-state index is 0.0497. The Morgan fingerprint density at radius 3 is 2.44 bits per heavy atom. The van der Waals surface area contributed by atoms with Gasteiger partial charge >= 0.3 is 0 Å². The summed E-state index contributed by atoms with van der Waals surface area (Å²) >= 11 is 6.30. The van der Waals surface area contributed by atoms with Crippen LogP contribution in [0.5, 0.6) is 11.5 Å². The molecule has 0 unspecified atom stereocenters. The van der Waals surface area contributed by atoms with Gasteiger partial charge in [0.1, 0.15) is 13.2 Å². The van der Waals surface area contributed by atoms with E-state index >= 15 is 0 Å². The van der Waals surface area contributed by atoms with Crippen LogP contribution in [-0.2, 0) is 9.84 Å². The Labute approximate surface area is 189 Å². The number of para-hydroxylation sites is 1. The molecule has 0 amide bonds. The van der Waals surface area contributed by atoms with Crippen molar-refractivity contribution in [3.63, 3.8) is 0 Å². The minimum Gasteiger partial charge on any atom is -0.486 e. The first-order chi connectivity index (χ1) is 15.5. The van der Waals surface area contributed by atoms with Gasteiger partial charge in [-0.2, -0.15) is 4.98 Å². The second-order valence-electron chi connectivity index (χ2n) is 6.90. The number of ether oxygens (including phenoxy) is 2. The maximum absolute atomic E-state index is 13.4. The van der Waals surface area contributed by atoms with Crippen LogP contribution in [0.1, 0.15) is 0 Å². The van der Waals surface area contributed by atoms with E-state index in [2.05, 4.69) is 10.3 Å². The van der Waals surface area contributed by atoms with E-state index in [0.717, 1.165) is 0 Å². The zero-order valence-electron chi connectivity index (χ0n) is 16.6. The minimum atomic E-state index is -3.99. The molecule has 1 aliphatic rings. The van der Waals surface area contributed by atoms with Crippen LogP contribution in [0.15, 0.2) is 87.1 Å². The van der Waals surface area contributed by atoms with Crippen LogP contribution in [0.25, 0.3) is 11.5 Å². The third-order valence-corrected chi connectivity index (χ3v) is 6.83. The van der Waals surface area contributed by atoms with Gasteiger partial charge in [0, 0.05) is 0 Å². The van der Waals surface area contributed by atoms with E-state index in [1.807, 2.05) is 0 Å². The maximum Gasteiger partial charge on any atom is 0.238 e. The number of nitrogens with zero attached hydrogens (tertiary/aromatic N) is 1. The van der Waals surface area contributed by atoms with Crippen LogP contribution in [0.4, 0.5) is 11.6 Å². The average molecular weight is 469 g/mol. The summed E-state index contributed by atoms with van der Waals surface area (Å²) in [6, 6.07) is 20.2. The van der Waals surface area contributed by atoms with Crippen LogP contribution in [0.3, 0.4) is 0 Å². The molecule has 0 bridgehead atoms. The number of hydrogen-bond donors (Lipinski definition) is 1. The summed E-state index contributed by atoms with van der Waals surface area (Å²) in [7, 11) is -3.99. The van der Waals surface area contributed by atoms with E-state index in [-0.39, 0.29) is 21.7 Å².